The molecule has 0 aliphatic rings. The summed E-state index contributed by atoms with van der Waals surface area (Å²) in [5.41, 5.74) is 0.445. The molecule has 5 nitrogen and oxygen atoms in total. The van der Waals surface area contributed by atoms with Gasteiger partial charge >= 0.3 is 0 Å². The van der Waals surface area contributed by atoms with E-state index in [2.05, 4.69) is 19.2 Å². The summed E-state index contributed by atoms with van der Waals surface area (Å²) < 4.78 is 15.8. The summed E-state index contributed by atoms with van der Waals surface area (Å²) in [5, 5.41) is 3.02. The Kier molecular flexibility index (Phi) is 7.72. The Hall–Kier alpha value is -1.91. The highest BCUT2D eigenvalue weighted by molar-refractivity contribution is 5.98. The van der Waals surface area contributed by atoms with Gasteiger partial charge in [-0.3, -0.25) is 4.79 Å². The third-order valence-corrected chi connectivity index (χ3v) is 3.75. The lowest BCUT2D eigenvalue weighted by atomic mass is 10.0. The number of amides is 1. The molecule has 1 atom stereocenters. The van der Waals surface area contributed by atoms with E-state index < -0.39 is 0 Å². The first-order chi connectivity index (χ1) is 10.9. The second-order valence-electron chi connectivity index (χ2n) is 6.11. The Bertz CT molecular complexity index is 514. The minimum Gasteiger partial charge on any atom is -0.496 e. The number of benzene rings is 1. The van der Waals surface area contributed by atoms with Crippen LogP contribution in [0.3, 0.4) is 0 Å². The van der Waals surface area contributed by atoms with E-state index in [4.69, 9.17) is 14.2 Å². The summed E-state index contributed by atoms with van der Waals surface area (Å²) in [4.78, 5) is 12.5. The van der Waals surface area contributed by atoms with Crippen molar-refractivity contribution in [3.8, 4) is 17.2 Å². The molecule has 0 saturated heterocycles. The van der Waals surface area contributed by atoms with E-state index in [1.54, 1.807) is 26.4 Å². The van der Waals surface area contributed by atoms with Crippen LogP contribution in [-0.2, 0) is 0 Å². The van der Waals surface area contributed by atoms with Crippen molar-refractivity contribution < 1.29 is 19.0 Å². The second-order valence-corrected chi connectivity index (χ2v) is 6.11. The van der Waals surface area contributed by atoms with Crippen molar-refractivity contribution in [3.63, 3.8) is 0 Å². The van der Waals surface area contributed by atoms with Crippen LogP contribution in [0.25, 0.3) is 0 Å². The van der Waals surface area contributed by atoms with Gasteiger partial charge in [0, 0.05) is 18.2 Å². The molecule has 0 spiro atoms. The Morgan fingerprint density at radius 3 is 2.04 bits per heavy atom. The van der Waals surface area contributed by atoms with Gasteiger partial charge in [-0.05, 0) is 19.3 Å². The van der Waals surface area contributed by atoms with Crippen LogP contribution in [-0.4, -0.2) is 33.3 Å². The molecular formula is C18H29NO4. The summed E-state index contributed by atoms with van der Waals surface area (Å²) in [5.74, 6) is 2.02. The first kappa shape index (κ1) is 19.1. The van der Waals surface area contributed by atoms with Crippen molar-refractivity contribution >= 4 is 5.91 Å². The Labute approximate surface area is 139 Å². The summed E-state index contributed by atoms with van der Waals surface area (Å²) in [6.45, 7) is 6.43. The third-order valence-electron chi connectivity index (χ3n) is 3.75. The van der Waals surface area contributed by atoms with Gasteiger partial charge in [-0.2, -0.15) is 0 Å². The summed E-state index contributed by atoms with van der Waals surface area (Å²) in [7, 11) is 4.62. The SMILES string of the molecule is COc1cc(OC)c(C(=O)NC(C)CCCC(C)C)cc1OC. The highest BCUT2D eigenvalue weighted by Gasteiger charge is 2.19. The van der Waals surface area contributed by atoms with Crippen LogP contribution in [0.4, 0.5) is 0 Å². The number of hydrogen-bond acceptors (Lipinski definition) is 4. The van der Waals surface area contributed by atoms with Gasteiger partial charge in [0.15, 0.2) is 11.5 Å². The van der Waals surface area contributed by atoms with E-state index >= 15 is 0 Å². The van der Waals surface area contributed by atoms with E-state index in [0.29, 0.717) is 28.7 Å². The molecule has 0 fully saturated rings. The molecule has 0 heterocycles. The molecule has 0 aliphatic heterocycles. The maximum atomic E-state index is 12.5. The quantitative estimate of drug-likeness (QED) is 0.753. The van der Waals surface area contributed by atoms with Gasteiger partial charge in [-0.25, -0.2) is 0 Å². The lowest BCUT2D eigenvalue weighted by Crippen LogP contribution is -2.32. The number of methoxy groups -OCH3 is 3. The Balaban J connectivity index is 2.82. The zero-order valence-corrected chi connectivity index (χ0v) is 15.1. The Morgan fingerprint density at radius 1 is 0.957 bits per heavy atom. The number of carbonyl (C=O) groups is 1. The number of ether oxygens (including phenoxy) is 3. The predicted molar refractivity (Wildman–Crippen MR) is 91.7 cm³/mol. The van der Waals surface area contributed by atoms with Gasteiger partial charge in [0.1, 0.15) is 5.75 Å². The van der Waals surface area contributed by atoms with Crippen LogP contribution in [0.1, 0.15) is 50.4 Å². The molecular weight excluding hydrogens is 294 g/mol. The average Bonchev–Trinajstić information content (AvgIpc) is 2.52. The van der Waals surface area contributed by atoms with E-state index in [9.17, 15) is 4.79 Å². The third kappa shape index (κ3) is 5.66. The van der Waals surface area contributed by atoms with Gasteiger partial charge in [0.2, 0.25) is 0 Å². The molecule has 1 aromatic carbocycles. The molecule has 0 aromatic heterocycles. The maximum Gasteiger partial charge on any atom is 0.255 e. The fourth-order valence-electron chi connectivity index (χ4n) is 2.41. The standard InChI is InChI=1S/C18H29NO4/c1-12(2)8-7-9-13(3)19-18(20)14-10-16(22-5)17(23-6)11-15(14)21-4/h10-13H,7-9H2,1-6H3,(H,19,20). The predicted octanol–water partition coefficient (Wildman–Crippen LogP) is 3.66. The smallest absolute Gasteiger partial charge is 0.255 e. The van der Waals surface area contributed by atoms with Crippen molar-refractivity contribution in [1.82, 2.24) is 5.32 Å². The monoisotopic (exact) mass is 323 g/mol. The van der Waals surface area contributed by atoms with E-state index in [0.717, 1.165) is 12.8 Å². The summed E-state index contributed by atoms with van der Waals surface area (Å²) in [6, 6.07) is 3.42. The number of carbonyl (C=O) groups excluding carboxylic acids is 1. The van der Waals surface area contributed by atoms with Crippen LogP contribution in [0, 0.1) is 5.92 Å². The molecule has 23 heavy (non-hydrogen) atoms. The molecule has 1 amide bonds. The van der Waals surface area contributed by atoms with E-state index in [-0.39, 0.29) is 11.9 Å². The van der Waals surface area contributed by atoms with Crippen molar-refractivity contribution in [2.24, 2.45) is 5.92 Å². The highest BCUT2D eigenvalue weighted by atomic mass is 16.5. The first-order valence-electron chi connectivity index (χ1n) is 8.03. The van der Waals surface area contributed by atoms with Gasteiger partial charge in [0.05, 0.1) is 26.9 Å². The minimum absolute atomic E-state index is 0.110. The molecule has 5 heteroatoms. The molecule has 130 valence electrons. The van der Waals surface area contributed by atoms with Gasteiger partial charge < -0.3 is 19.5 Å². The molecule has 0 saturated carbocycles. The van der Waals surface area contributed by atoms with Crippen LogP contribution < -0.4 is 19.5 Å². The second kappa shape index (κ2) is 9.28. The van der Waals surface area contributed by atoms with Crippen LogP contribution >= 0.6 is 0 Å². The van der Waals surface area contributed by atoms with Crippen LogP contribution in [0.2, 0.25) is 0 Å². The topological polar surface area (TPSA) is 56.8 Å². The fourth-order valence-corrected chi connectivity index (χ4v) is 2.41. The number of nitrogens with one attached hydrogen (secondary N) is 1. The zero-order chi connectivity index (χ0) is 17.4. The summed E-state index contributed by atoms with van der Waals surface area (Å²) >= 11 is 0. The molecule has 1 rings (SSSR count). The lowest BCUT2D eigenvalue weighted by Gasteiger charge is -2.17. The molecule has 0 aliphatic carbocycles. The number of hydrogen-bond donors (Lipinski definition) is 1. The maximum absolute atomic E-state index is 12.5. The van der Waals surface area contributed by atoms with Crippen LogP contribution in [0.15, 0.2) is 12.1 Å². The molecule has 0 radical (unpaired) electrons. The molecule has 1 aromatic rings. The Morgan fingerprint density at radius 2 is 1.52 bits per heavy atom. The van der Waals surface area contributed by atoms with Crippen molar-refractivity contribution in [2.75, 3.05) is 21.3 Å². The zero-order valence-electron chi connectivity index (χ0n) is 15.1. The average molecular weight is 323 g/mol. The first-order valence-corrected chi connectivity index (χ1v) is 8.03. The van der Waals surface area contributed by atoms with Gasteiger partial charge in [0.25, 0.3) is 5.91 Å². The molecule has 1 unspecified atom stereocenters. The molecule has 1 N–H and O–H groups in total. The van der Waals surface area contributed by atoms with E-state index in [1.807, 2.05) is 6.92 Å². The minimum atomic E-state index is -0.167. The highest BCUT2D eigenvalue weighted by Crippen LogP contribution is 2.34. The van der Waals surface area contributed by atoms with Gasteiger partial charge in [-0.15, -0.1) is 0 Å². The van der Waals surface area contributed by atoms with Gasteiger partial charge in [-0.1, -0.05) is 26.7 Å². The molecule has 0 bridgehead atoms. The van der Waals surface area contributed by atoms with Crippen molar-refractivity contribution in [3.05, 3.63) is 17.7 Å². The summed E-state index contributed by atoms with van der Waals surface area (Å²) in [6.07, 6.45) is 3.22. The fraction of sp³-hybridized carbons (Fsp3) is 0.611. The normalized spacial score (nSPS) is 12.0. The van der Waals surface area contributed by atoms with E-state index in [1.165, 1.54) is 13.5 Å². The lowest BCUT2D eigenvalue weighted by molar-refractivity contribution is 0.0934. The van der Waals surface area contributed by atoms with Crippen molar-refractivity contribution in [2.45, 2.75) is 46.1 Å². The van der Waals surface area contributed by atoms with Crippen LogP contribution in [0.5, 0.6) is 17.2 Å². The number of rotatable bonds is 9. The van der Waals surface area contributed by atoms with Crippen molar-refractivity contribution in [1.29, 1.82) is 0 Å². The largest absolute Gasteiger partial charge is 0.496 e.